The van der Waals surface area contributed by atoms with Gasteiger partial charge in [-0.1, -0.05) is 88.4 Å². The van der Waals surface area contributed by atoms with E-state index >= 15 is 0 Å². The summed E-state index contributed by atoms with van der Waals surface area (Å²) in [5.74, 6) is -1.28. The lowest BCUT2D eigenvalue weighted by Gasteiger charge is -2.37. The molecule has 0 amide bonds. The summed E-state index contributed by atoms with van der Waals surface area (Å²) in [6, 6.07) is 16.0. The molecule has 8 nitrogen and oxygen atoms in total. The van der Waals surface area contributed by atoms with Gasteiger partial charge in [0.05, 0.1) is 14.2 Å². The van der Waals surface area contributed by atoms with Crippen molar-refractivity contribution in [3.8, 4) is 0 Å². The van der Waals surface area contributed by atoms with E-state index in [1.54, 1.807) is 24.3 Å². The fourth-order valence-electron chi connectivity index (χ4n) is 4.19. The van der Waals surface area contributed by atoms with Crippen LogP contribution in [0, 0.1) is 11.8 Å². The molecule has 9 heteroatoms. The number of ether oxygens (including phenoxy) is 2. The van der Waals surface area contributed by atoms with Gasteiger partial charge in [-0.2, -0.15) is 17.0 Å². The number of esters is 2. The van der Waals surface area contributed by atoms with Crippen molar-refractivity contribution in [3.05, 3.63) is 71.8 Å². The lowest BCUT2D eigenvalue weighted by Crippen LogP contribution is -2.55. The number of hydrogen-bond acceptors (Lipinski definition) is 6. The van der Waals surface area contributed by atoms with Gasteiger partial charge in [-0.3, -0.25) is 9.59 Å². The fourth-order valence-corrected chi connectivity index (χ4v) is 6.08. The summed E-state index contributed by atoms with van der Waals surface area (Å²) >= 11 is 0. The predicted octanol–water partition coefficient (Wildman–Crippen LogP) is 4.41. The molecule has 204 valence electrons. The van der Waals surface area contributed by atoms with Crippen LogP contribution in [-0.2, 0) is 42.4 Å². The quantitative estimate of drug-likeness (QED) is 0.335. The molecule has 2 aromatic carbocycles. The van der Waals surface area contributed by atoms with Gasteiger partial charge in [-0.25, -0.2) is 0 Å². The molecule has 0 aliphatic carbocycles. The first kappa shape index (κ1) is 30.5. The van der Waals surface area contributed by atoms with Gasteiger partial charge in [0.2, 0.25) is 0 Å². The van der Waals surface area contributed by atoms with E-state index < -0.39 is 34.2 Å². The molecule has 0 fully saturated rings. The monoisotopic (exact) mass is 532 g/mol. The number of carbonyl (C=O) groups is 2. The number of nitrogens with zero attached hydrogens (tertiary/aromatic N) is 2. The zero-order valence-corrected chi connectivity index (χ0v) is 23.5. The number of rotatable bonds is 14. The maximum atomic E-state index is 14.6. The third-order valence-corrected chi connectivity index (χ3v) is 7.94. The molecule has 37 heavy (non-hydrogen) atoms. The van der Waals surface area contributed by atoms with E-state index in [0.29, 0.717) is 11.1 Å². The normalized spacial score (nSPS) is 13.7. The van der Waals surface area contributed by atoms with Crippen molar-refractivity contribution in [3.63, 3.8) is 0 Å². The van der Waals surface area contributed by atoms with E-state index in [9.17, 15) is 18.0 Å². The van der Waals surface area contributed by atoms with Crippen molar-refractivity contribution in [1.29, 1.82) is 0 Å². The Hall–Kier alpha value is -2.75. The van der Waals surface area contributed by atoms with Gasteiger partial charge in [-0.05, 0) is 35.8 Å². The zero-order chi connectivity index (χ0) is 27.6. The van der Waals surface area contributed by atoms with Crippen LogP contribution in [0.15, 0.2) is 60.7 Å². The lowest BCUT2D eigenvalue weighted by molar-refractivity contribution is -0.146. The largest absolute Gasteiger partial charge is 0.468 e. The highest BCUT2D eigenvalue weighted by Crippen LogP contribution is 2.28. The zero-order valence-electron chi connectivity index (χ0n) is 22.7. The third-order valence-electron chi connectivity index (χ3n) is 5.99. The van der Waals surface area contributed by atoms with Crippen molar-refractivity contribution >= 4 is 22.1 Å². The van der Waals surface area contributed by atoms with E-state index in [4.69, 9.17) is 9.47 Å². The fraction of sp³-hybridized carbons (Fsp3) is 0.500. The Morgan fingerprint density at radius 1 is 0.676 bits per heavy atom. The molecule has 2 rings (SSSR count). The van der Waals surface area contributed by atoms with Crippen LogP contribution in [0.2, 0.25) is 0 Å². The Kier molecular flexibility index (Phi) is 11.7. The van der Waals surface area contributed by atoms with E-state index in [-0.39, 0.29) is 37.8 Å². The van der Waals surface area contributed by atoms with Crippen LogP contribution < -0.4 is 0 Å². The van der Waals surface area contributed by atoms with Gasteiger partial charge in [0.1, 0.15) is 12.1 Å². The molecule has 0 heterocycles. The topological polar surface area (TPSA) is 93.2 Å². The van der Waals surface area contributed by atoms with Crippen molar-refractivity contribution in [2.75, 3.05) is 14.2 Å². The number of carbonyl (C=O) groups excluding carboxylic acids is 2. The average molecular weight is 533 g/mol. The maximum Gasteiger partial charge on any atom is 0.324 e. The first-order chi connectivity index (χ1) is 17.5. The molecule has 0 saturated carbocycles. The van der Waals surface area contributed by atoms with E-state index in [1.807, 2.05) is 64.1 Å². The molecule has 0 aliphatic heterocycles. The van der Waals surface area contributed by atoms with Gasteiger partial charge in [0.15, 0.2) is 0 Å². The molecule has 0 bridgehead atoms. The second-order valence-corrected chi connectivity index (χ2v) is 11.7. The Labute approximate surface area is 221 Å². The molecule has 0 aliphatic rings. The third kappa shape index (κ3) is 8.66. The van der Waals surface area contributed by atoms with E-state index in [2.05, 4.69) is 0 Å². The highest BCUT2D eigenvalue weighted by atomic mass is 32.2. The first-order valence-corrected chi connectivity index (χ1v) is 13.9. The van der Waals surface area contributed by atoms with Crippen LogP contribution in [0.3, 0.4) is 0 Å². The average Bonchev–Trinajstić information content (AvgIpc) is 2.87. The summed E-state index contributed by atoms with van der Waals surface area (Å²) in [5, 5.41) is 0. The van der Waals surface area contributed by atoms with Crippen LogP contribution in [0.5, 0.6) is 0 Å². The van der Waals surface area contributed by atoms with Crippen molar-refractivity contribution in [2.45, 2.75) is 65.7 Å². The molecular weight excluding hydrogens is 492 g/mol. The van der Waals surface area contributed by atoms with Gasteiger partial charge in [0, 0.05) is 13.1 Å². The smallest absolute Gasteiger partial charge is 0.324 e. The van der Waals surface area contributed by atoms with E-state index in [0.717, 1.165) is 0 Å². The molecule has 0 saturated heterocycles. The van der Waals surface area contributed by atoms with Crippen LogP contribution in [0.4, 0.5) is 0 Å². The second kappa shape index (κ2) is 14.3. The summed E-state index contributed by atoms with van der Waals surface area (Å²) in [6.07, 6.45) is 0.510. The molecule has 0 N–H and O–H groups in total. The highest BCUT2D eigenvalue weighted by molar-refractivity contribution is 7.86. The second-order valence-electron chi connectivity index (χ2n) is 9.91. The SMILES string of the molecule is COC(=O)[C@H](CC(C)C)N(Cc1ccccc1)S(=O)(=O)N(Cc1ccccc1)[C@@H](CC(C)C)C(=O)OC. The van der Waals surface area contributed by atoms with Crippen LogP contribution in [0.25, 0.3) is 0 Å². The van der Waals surface area contributed by atoms with Crippen molar-refractivity contribution < 1.29 is 27.5 Å². The Morgan fingerprint density at radius 2 is 1.00 bits per heavy atom. The maximum absolute atomic E-state index is 14.6. The van der Waals surface area contributed by atoms with E-state index in [1.165, 1.54) is 22.8 Å². The summed E-state index contributed by atoms with van der Waals surface area (Å²) < 4.78 is 41.6. The summed E-state index contributed by atoms with van der Waals surface area (Å²) in [5.41, 5.74) is 1.42. The van der Waals surface area contributed by atoms with Crippen LogP contribution >= 0.6 is 0 Å². The molecule has 0 aromatic heterocycles. The number of methoxy groups -OCH3 is 2. The highest BCUT2D eigenvalue weighted by Gasteiger charge is 2.44. The van der Waals surface area contributed by atoms with Crippen LogP contribution in [0.1, 0.15) is 51.7 Å². The van der Waals surface area contributed by atoms with Gasteiger partial charge >= 0.3 is 11.9 Å². The molecule has 0 radical (unpaired) electrons. The summed E-state index contributed by atoms with van der Waals surface area (Å²) in [4.78, 5) is 26.0. The Morgan fingerprint density at radius 3 is 1.27 bits per heavy atom. The van der Waals surface area contributed by atoms with Gasteiger partial charge in [0.25, 0.3) is 10.2 Å². The predicted molar refractivity (Wildman–Crippen MR) is 143 cm³/mol. The van der Waals surface area contributed by atoms with Crippen LogP contribution in [-0.4, -0.2) is 55.3 Å². The molecule has 0 unspecified atom stereocenters. The summed E-state index contributed by atoms with van der Waals surface area (Å²) in [6.45, 7) is 7.55. The minimum absolute atomic E-state index is 0.00668. The summed E-state index contributed by atoms with van der Waals surface area (Å²) in [7, 11) is -1.89. The van der Waals surface area contributed by atoms with Crippen molar-refractivity contribution in [1.82, 2.24) is 8.61 Å². The van der Waals surface area contributed by atoms with Crippen molar-refractivity contribution in [2.24, 2.45) is 11.8 Å². The molecular formula is C28H40N2O6S. The lowest BCUT2D eigenvalue weighted by atomic mass is 10.0. The minimum atomic E-state index is -4.39. The molecule has 2 aromatic rings. The van der Waals surface area contributed by atoms with Gasteiger partial charge in [-0.15, -0.1) is 0 Å². The number of benzene rings is 2. The Bertz CT molecular complexity index is 1010. The van der Waals surface area contributed by atoms with Gasteiger partial charge < -0.3 is 9.47 Å². The minimum Gasteiger partial charge on any atom is -0.468 e. The number of hydrogen-bond donors (Lipinski definition) is 0. The Balaban J connectivity index is 2.72. The first-order valence-electron chi connectivity index (χ1n) is 12.5. The molecule has 2 atom stereocenters. The molecule has 0 spiro atoms. The standard InChI is InChI=1S/C28H40N2O6S/c1-21(2)17-25(27(31)35-5)29(19-23-13-9-7-10-14-23)37(33,34)30(20-24-15-11-8-12-16-24)26(18-22(3)4)28(32)36-6/h7-16,21-22,25-26H,17-20H2,1-6H3/t25-,26-/m0/s1.